The zero-order valence-corrected chi connectivity index (χ0v) is 8.93. The number of halogens is 2. The average molecular weight is 214 g/mol. The van der Waals surface area contributed by atoms with Gasteiger partial charge in [-0.2, -0.15) is 0 Å². The number of methoxy groups -OCH3 is 1. The van der Waals surface area contributed by atoms with Gasteiger partial charge in [-0.05, 0) is 30.9 Å². The molecule has 0 amide bonds. The Balaban J connectivity index is 2.34. The molecular formula is C12H16F2O. The summed E-state index contributed by atoms with van der Waals surface area (Å²) in [6, 6.07) is 4.32. The highest BCUT2D eigenvalue weighted by molar-refractivity contribution is 5.18. The molecule has 0 aliphatic heterocycles. The van der Waals surface area contributed by atoms with Gasteiger partial charge in [-0.25, -0.2) is 8.78 Å². The first-order valence-corrected chi connectivity index (χ1v) is 5.17. The van der Waals surface area contributed by atoms with Crippen LogP contribution in [-0.2, 0) is 11.2 Å². The van der Waals surface area contributed by atoms with E-state index < -0.39 is 11.6 Å². The molecule has 0 spiro atoms. The standard InChI is InChI=1S/C12H16F2O/c1-15-9-4-2-3-6-10-7-5-8-11(13)12(10)14/h5,7-8H,2-4,6,9H2,1H3. The topological polar surface area (TPSA) is 9.23 Å². The highest BCUT2D eigenvalue weighted by Gasteiger charge is 2.06. The van der Waals surface area contributed by atoms with E-state index in [0.29, 0.717) is 12.0 Å². The molecule has 3 heteroatoms. The maximum atomic E-state index is 13.2. The first kappa shape index (κ1) is 12.1. The Labute approximate surface area is 89.1 Å². The fourth-order valence-electron chi connectivity index (χ4n) is 1.48. The van der Waals surface area contributed by atoms with Crippen LogP contribution in [0.4, 0.5) is 8.78 Å². The first-order valence-electron chi connectivity index (χ1n) is 5.17. The van der Waals surface area contributed by atoms with Crippen molar-refractivity contribution in [2.24, 2.45) is 0 Å². The third-order valence-corrected chi connectivity index (χ3v) is 2.33. The zero-order valence-electron chi connectivity index (χ0n) is 8.93. The molecule has 0 radical (unpaired) electrons. The number of rotatable bonds is 6. The van der Waals surface area contributed by atoms with Crippen LogP contribution in [0, 0.1) is 11.6 Å². The summed E-state index contributed by atoms with van der Waals surface area (Å²) in [5.41, 5.74) is 0.465. The van der Waals surface area contributed by atoms with Gasteiger partial charge in [-0.1, -0.05) is 18.6 Å². The van der Waals surface area contributed by atoms with Crippen molar-refractivity contribution in [2.75, 3.05) is 13.7 Å². The first-order chi connectivity index (χ1) is 7.25. The molecule has 84 valence electrons. The lowest BCUT2D eigenvalue weighted by Crippen LogP contribution is -1.95. The molecule has 1 aromatic carbocycles. The molecule has 15 heavy (non-hydrogen) atoms. The molecule has 1 rings (SSSR count). The monoisotopic (exact) mass is 214 g/mol. The Morgan fingerprint density at radius 2 is 1.93 bits per heavy atom. The van der Waals surface area contributed by atoms with Gasteiger partial charge in [-0.3, -0.25) is 0 Å². The largest absolute Gasteiger partial charge is 0.385 e. The van der Waals surface area contributed by atoms with Gasteiger partial charge in [0.1, 0.15) is 0 Å². The molecule has 0 saturated carbocycles. The van der Waals surface area contributed by atoms with Crippen LogP contribution in [0.15, 0.2) is 18.2 Å². The van der Waals surface area contributed by atoms with E-state index in [9.17, 15) is 8.78 Å². The Hall–Kier alpha value is -0.960. The van der Waals surface area contributed by atoms with Gasteiger partial charge in [0.2, 0.25) is 0 Å². The number of hydrogen-bond acceptors (Lipinski definition) is 1. The van der Waals surface area contributed by atoms with Crippen LogP contribution in [0.5, 0.6) is 0 Å². The summed E-state index contributed by atoms with van der Waals surface area (Å²) >= 11 is 0. The molecule has 0 aliphatic rings. The lowest BCUT2D eigenvalue weighted by Gasteiger charge is -2.03. The third-order valence-electron chi connectivity index (χ3n) is 2.33. The summed E-state index contributed by atoms with van der Waals surface area (Å²) in [6.07, 6.45) is 3.40. The van der Waals surface area contributed by atoms with E-state index in [0.717, 1.165) is 31.9 Å². The average Bonchev–Trinajstić information content (AvgIpc) is 2.24. The van der Waals surface area contributed by atoms with E-state index in [1.807, 2.05) is 0 Å². The molecule has 0 unspecified atom stereocenters. The van der Waals surface area contributed by atoms with Crippen LogP contribution >= 0.6 is 0 Å². The molecule has 0 fully saturated rings. The number of benzene rings is 1. The van der Waals surface area contributed by atoms with Gasteiger partial charge in [-0.15, -0.1) is 0 Å². The third kappa shape index (κ3) is 3.96. The molecule has 0 aliphatic carbocycles. The molecule has 0 N–H and O–H groups in total. The predicted molar refractivity (Wildman–Crippen MR) is 55.8 cm³/mol. The smallest absolute Gasteiger partial charge is 0.162 e. The molecule has 1 aromatic rings. The van der Waals surface area contributed by atoms with Crippen LogP contribution < -0.4 is 0 Å². The number of hydrogen-bond donors (Lipinski definition) is 0. The minimum Gasteiger partial charge on any atom is -0.385 e. The van der Waals surface area contributed by atoms with Crippen molar-refractivity contribution in [2.45, 2.75) is 25.7 Å². The van der Waals surface area contributed by atoms with E-state index in [1.54, 1.807) is 19.2 Å². The van der Waals surface area contributed by atoms with Gasteiger partial charge in [0.05, 0.1) is 0 Å². The van der Waals surface area contributed by atoms with Crippen molar-refractivity contribution >= 4 is 0 Å². The summed E-state index contributed by atoms with van der Waals surface area (Å²) in [6.45, 7) is 0.728. The summed E-state index contributed by atoms with van der Waals surface area (Å²) in [5.74, 6) is -1.46. The van der Waals surface area contributed by atoms with E-state index in [1.165, 1.54) is 0 Å². The maximum Gasteiger partial charge on any atom is 0.162 e. The van der Waals surface area contributed by atoms with Crippen molar-refractivity contribution in [1.82, 2.24) is 0 Å². The summed E-state index contributed by atoms with van der Waals surface area (Å²) in [4.78, 5) is 0. The second-order valence-electron chi connectivity index (χ2n) is 3.52. The minimum atomic E-state index is -0.760. The Morgan fingerprint density at radius 1 is 1.13 bits per heavy atom. The second kappa shape index (κ2) is 6.51. The lowest BCUT2D eigenvalue weighted by atomic mass is 10.1. The zero-order chi connectivity index (χ0) is 11.1. The van der Waals surface area contributed by atoms with Crippen molar-refractivity contribution < 1.29 is 13.5 Å². The van der Waals surface area contributed by atoms with Gasteiger partial charge < -0.3 is 4.74 Å². The van der Waals surface area contributed by atoms with E-state index in [4.69, 9.17) is 4.74 Å². The number of aryl methyl sites for hydroxylation is 1. The molecule has 1 nitrogen and oxygen atoms in total. The molecule has 0 bridgehead atoms. The van der Waals surface area contributed by atoms with Gasteiger partial charge in [0, 0.05) is 13.7 Å². The predicted octanol–water partition coefficient (Wildman–Crippen LogP) is 3.32. The van der Waals surface area contributed by atoms with Crippen LogP contribution in [0.25, 0.3) is 0 Å². The highest BCUT2D eigenvalue weighted by Crippen LogP contribution is 2.14. The minimum absolute atomic E-state index is 0.465. The second-order valence-corrected chi connectivity index (χ2v) is 3.52. The molecular weight excluding hydrogens is 198 g/mol. The fraction of sp³-hybridized carbons (Fsp3) is 0.500. The Kier molecular flexibility index (Phi) is 5.26. The van der Waals surface area contributed by atoms with E-state index in [2.05, 4.69) is 0 Å². The highest BCUT2D eigenvalue weighted by atomic mass is 19.2. The number of unbranched alkanes of at least 4 members (excludes halogenated alkanes) is 2. The molecule has 0 saturated heterocycles. The SMILES string of the molecule is COCCCCCc1cccc(F)c1F. The normalized spacial score (nSPS) is 10.6. The van der Waals surface area contributed by atoms with E-state index >= 15 is 0 Å². The molecule has 0 aromatic heterocycles. The molecule has 0 atom stereocenters. The van der Waals surface area contributed by atoms with E-state index in [-0.39, 0.29) is 0 Å². The fourth-order valence-corrected chi connectivity index (χ4v) is 1.48. The summed E-state index contributed by atoms with van der Waals surface area (Å²) in [5, 5.41) is 0. The van der Waals surface area contributed by atoms with Crippen LogP contribution in [0.2, 0.25) is 0 Å². The van der Waals surface area contributed by atoms with Gasteiger partial charge >= 0.3 is 0 Å². The van der Waals surface area contributed by atoms with Crippen molar-refractivity contribution in [3.8, 4) is 0 Å². The van der Waals surface area contributed by atoms with Crippen molar-refractivity contribution in [3.63, 3.8) is 0 Å². The van der Waals surface area contributed by atoms with Gasteiger partial charge in [0.15, 0.2) is 11.6 Å². The lowest BCUT2D eigenvalue weighted by molar-refractivity contribution is 0.192. The van der Waals surface area contributed by atoms with Crippen LogP contribution in [0.1, 0.15) is 24.8 Å². The Morgan fingerprint density at radius 3 is 2.67 bits per heavy atom. The van der Waals surface area contributed by atoms with Crippen LogP contribution in [0.3, 0.4) is 0 Å². The van der Waals surface area contributed by atoms with Crippen LogP contribution in [-0.4, -0.2) is 13.7 Å². The maximum absolute atomic E-state index is 13.2. The quantitative estimate of drug-likeness (QED) is 0.660. The number of ether oxygens (including phenoxy) is 1. The van der Waals surface area contributed by atoms with Crippen molar-refractivity contribution in [1.29, 1.82) is 0 Å². The summed E-state index contributed by atoms with van der Waals surface area (Å²) in [7, 11) is 1.66. The Bertz CT molecular complexity index is 300. The molecule has 0 heterocycles. The summed E-state index contributed by atoms with van der Waals surface area (Å²) < 4.78 is 30.9. The van der Waals surface area contributed by atoms with Crippen molar-refractivity contribution in [3.05, 3.63) is 35.4 Å². The van der Waals surface area contributed by atoms with Gasteiger partial charge in [0.25, 0.3) is 0 Å².